The Morgan fingerprint density at radius 2 is 2.06 bits per heavy atom. The predicted molar refractivity (Wildman–Crippen MR) is 74.6 cm³/mol. The van der Waals surface area contributed by atoms with Crippen molar-refractivity contribution in [3.8, 4) is 0 Å². The Balaban J connectivity index is 2.44. The van der Waals surface area contributed by atoms with Crippen LogP contribution in [0.1, 0.15) is 15.2 Å². The summed E-state index contributed by atoms with van der Waals surface area (Å²) < 4.78 is 14.5. The van der Waals surface area contributed by atoms with Gasteiger partial charge in [0.05, 0.1) is 14.4 Å². The normalized spacial score (nSPS) is 10.6. The highest BCUT2D eigenvalue weighted by atomic mass is 79.9. The predicted octanol–water partition coefficient (Wildman–Crippen LogP) is 5.30. The molecule has 6 heteroatoms. The fourth-order valence-electron chi connectivity index (χ4n) is 1.24. The molecule has 0 bridgehead atoms. The molecule has 1 aromatic carbocycles. The van der Waals surface area contributed by atoms with Gasteiger partial charge in [-0.05, 0) is 50.1 Å². The highest BCUT2D eigenvalue weighted by Crippen LogP contribution is 2.34. The average molecular weight is 398 g/mol. The summed E-state index contributed by atoms with van der Waals surface area (Å²) in [5.41, 5.74) is 0.367. The van der Waals surface area contributed by atoms with E-state index in [2.05, 4.69) is 31.9 Å². The summed E-state index contributed by atoms with van der Waals surface area (Å²) in [4.78, 5) is 12.7. The standard InChI is InChI=1S/C11H4Br2ClFOS/c12-6-4-17-11(9(6)13)10(16)5-1-2-8(15)7(14)3-5/h1-4H. The highest BCUT2D eigenvalue weighted by molar-refractivity contribution is 9.13. The van der Waals surface area contributed by atoms with Gasteiger partial charge in [0.15, 0.2) is 0 Å². The van der Waals surface area contributed by atoms with Crippen molar-refractivity contribution in [3.63, 3.8) is 0 Å². The molecule has 0 N–H and O–H groups in total. The number of carbonyl (C=O) groups excluding carboxylic acids is 1. The van der Waals surface area contributed by atoms with E-state index in [1.165, 1.54) is 29.5 Å². The van der Waals surface area contributed by atoms with Gasteiger partial charge in [-0.3, -0.25) is 4.79 Å². The molecule has 88 valence electrons. The van der Waals surface area contributed by atoms with E-state index in [0.29, 0.717) is 14.9 Å². The summed E-state index contributed by atoms with van der Waals surface area (Å²) in [6, 6.07) is 3.94. The molecule has 2 aromatic rings. The van der Waals surface area contributed by atoms with Crippen molar-refractivity contribution >= 4 is 60.6 Å². The van der Waals surface area contributed by atoms with Gasteiger partial charge in [-0.15, -0.1) is 11.3 Å². The number of carbonyl (C=O) groups is 1. The lowest BCUT2D eigenvalue weighted by molar-refractivity contribution is 0.104. The minimum absolute atomic E-state index is 0.0532. The molecule has 0 atom stereocenters. The Kier molecular flexibility index (Phi) is 4.02. The third-order valence-corrected chi connectivity index (χ3v) is 5.89. The molecule has 1 heterocycles. The maximum atomic E-state index is 13.0. The van der Waals surface area contributed by atoms with E-state index in [0.717, 1.165) is 4.47 Å². The summed E-state index contributed by atoms with van der Waals surface area (Å²) in [7, 11) is 0. The number of halogens is 4. The van der Waals surface area contributed by atoms with Crippen LogP contribution in [0.2, 0.25) is 5.02 Å². The van der Waals surface area contributed by atoms with Crippen LogP contribution >= 0.6 is 54.8 Å². The average Bonchev–Trinajstić information content (AvgIpc) is 2.63. The lowest BCUT2D eigenvalue weighted by Gasteiger charge is -2.01. The zero-order chi connectivity index (χ0) is 12.6. The van der Waals surface area contributed by atoms with Gasteiger partial charge in [0.2, 0.25) is 5.78 Å². The molecule has 0 unspecified atom stereocenters. The molecule has 0 saturated carbocycles. The molecular weight excluding hydrogens is 394 g/mol. The molecule has 0 amide bonds. The summed E-state index contributed by atoms with van der Waals surface area (Å²) in [6.07, 6.45) is 0. The van der Waals surface area contributed by atoms with Gasteiger partial charge >= 0.3 is 0 Å². The topological polar surface area (TPSA) is 17.1 Å². The van der Waals surface area contributed by atoms with Crippen molar-refractivity contribution < 1.29 is 9.18 Å². The first-order valence-corrected chi connectivity index (χ1v) is 7.27. The molecule has 1 nitrogen and oxygen atoms in total. The minimum Gasteiger partial charge on any atom is -0.288 e. The van der Waals surface area contributed by atoms with E-state index >= 15 is 0 Å². The second-order valence-electron chi connectivity index (χ2n) is 3.18. The highest BCUT2D eigenvalue weighted by Gasteiger charge is 2.17. The zero-order valence-electron chi connectivity index (χ0n) is 8.14. The first-order valence-electron chi connectivity index (χ1n) is 4.43. The van der Waals surface area contributed by atoms with Crippen molar-refractivity contribution in [2.24, 2.45) is 0 Å². The summed E-state index contributed by atoms with van der Waals surface area (Å²) in [5, 5.41) is 1.75. The van der Waals surface area contributed by atoms with Crippen LogP contribution in [0.3, 0.4) is 0 Å². The second-order valence-corrected chi connectivity index (χ2v) is 6.12. The number of ketones is 1. The SMILES string of the molecule is O=C(c1ccc(F)c(Cl)c1)c1scc(Br)c1Br. The molecule has 17 heavy (non-hydrogen) atoms. The second kappa shape index (κ2) is 5.18. The fourth-order valence-corrected chi connectivity index (χ4v) is 3.54. The molecular formula is C11H4Br2ClFOS. The van der Waals surface area contributed by atoms with Crippen LogP contribution in [-0.4, -0.2) is 5.78 Å². The Bertz CT molecular complexity index is 597. The first kappa shape index (κ1) is 13.2. The summed E-state index contributed by atoms with van der Waals surface area (Å²) in [5.74, 6) is -0.718. The van der Waals surface area contributed by atoms with Gasteiger partial charge in [-0.25, -0.2) is 4.39 Å². The number of benzene rings is 1. The molecule has 1 aromatic heterocycles. The van der Waals surface area contributed by atoms with Gasteiger partial charge in [-0.1, -0.05) is 11.6 Å². The lowest BCUT2D eigenvalue weighted by Crippen LogP contribution is -1.99. The molecule has 0 radical (unpaired) electrons. The van der Waals surface area contributed by atoms with Crippen LogP contribution < -0.4 is 0 Å². The van der Waals surface area contributed by atoms with Gasteiger partial charge < -0.3 is 0 Å². The number of hydrogen-bond acceptors (Lipinski definition) is 2. The van der Waals surface area contributed by atoms with Crippen LogP contribution in [0.5, 0.6) is 0 Å². The van der Waals surface area contributed by atoms with Crippen molar-refractivity contribution in [2.75, 3.05) is 0 Å². The van der Waals surface area contributed by atoms with Crippen LogP contribution in [-0.2, 0) is 0 Å². The monoisotopic (exact) mass is 396 g/mol. The van der Waals surface area contributed by atoms with Crippen molar-refractivity contribution in [1.29, 1.82) is 0 Å². The molecule has 0 fully saturated rings. The third-order valence-electron chi connectivity index (χ3n) is 2.08. The molecule has 0 aliphatic heterocycles. The van der Waals surface area contributed by atoms with Gasteiger partial charge in [0.25, 0.3) is 0 Å². The van der Waals surface area contributed by atoms with E-state index in [-0.39, 0.29) is 10.8 Å². The van der Waals surface area contributed by atoms with E-state index in [1.54, 1.807) is 0 Å². The van der Waals surface area contributed by atoms with Gasteiger partial charge in [0, 0.05) is 15.4 Å². The summed E-state index contributed by atoms with van der Waals surface area (Å²) >= 11 is 13.6. The molecule has 0 aliphatic rings. The molecule has 0 spiro atoms. The number of rotatable bonds is 2. The first-order chi connectivity index (χ1) is 8.00. The quantitative estimate of drug-likeness (QED) is 0.628. The Morgan fingerprint density at radius 3 is 2.59 bits per heavy atom. The van der Waals surface area contributed by atoms with Crippen LogP contribution in [0.15, 0.2) is 32.5 Å². The Hall–Kier alpha value is -0.230. The number of thiophene rings is 1. The van der Waals surface area contributed by atoms with Crippen molar-refractivity contribution in [2.45, 2.75) is 0 Å². The summed E-state index contributed by atoms with van der Waals surface area (Å²) in [6.45, 7) is 0. The molecule has 0 saturated heterocycles. The van der Waals surface area contributed by atoms with Crippen LogP contribution in [0.4, 0.5) is 4.39 Å². The molecule has 2 rings (SSSR count). The lowest BCUT2D eigenvalue weighted by atomic mass is 10.1. The van der Waals surface area contributed by atoms with Crippen molar-refractivity contribution in [3.05, 3.63) is 53.8 Å². The number of hydrogen-bond donors (Lipinski definition) is 0. The largest absolute Gasteiger partial charge is 0.288 e. The zero-order valence-corrected chi connectivity index (χ0v) is 12.9. The van der Waals surface area contributed by atoms with Crippen molar-refractivity contribution in [1.82, 2.24) is 0 Å². The van der Waals surface area contributed by atoms with E-state index < -0.39 is 5.82 Å². The maximum absolute atomic E-state index is 13.0. The van der Waals surface area contributed by atoms with Crippen LogP contribution in [0, 0.1) is 5.82 Å². The van der Waals surface area contributed by atoms with E-state index in [9.17, 15) is 9.18 Å². The Morgan fingerprint density at radius 1 is 1.35 bits per heavy atom. The van der Waals surface area contributed by atoms with E-state index in [1.807, 2.05) is 5.38 Å². The third kappa shape index (κ3) is 2.62. The minimum atomic E-state index is -0.533. The van der Waals surface area contributed by atoms with Crippen LogP contribution in [0.25, 0.3) is 0 Å². The fraction of sp³-hybridized carbons (Fsp3) is 0. The van der Waals surface area contributed by atoms with E-state index in [4.69, 9.17) is 11.6 Å². The Labute approximate surface area is 123 Å². The van der Waals surface area contributed by atoms with Gasteiger partial charge in [0.1, 0.15) is 5.82 Å². The molecule has 0 aliphatic carbocycles. The maximum Gasteiger partial charge on any atom is 0.204 e. The van der Waals surface area contributed by atoms with Gasteiger partial charge in [-0.2, -0.15) is 0 Å². The smallest absolute Gasteiger partial charge is 0.204 e.